The lowest BCUT2D eigenvalue weighted by Crippen LogP contribution is -2.25. The fourth-order valence-corrected chi connectivity index (χ4v) is 2.51. The van der Waals surface area contributed by atoms with Crippen molar-refractivity contribution in [2.45, 2.75) is 51.0 Å². The standard InChI is InChI=1S/C11H21N3O2S/c1-3-5-6-7-8-13-17(15,16)11-9-12-10(4-2)14-11/h9,13H,3-8H2,1-2H3,(H,12,14). The Labute approximate surface area is 103 Å². The van der Waals surface area contributed by atoms with Crippen molar-refractivity contribution in [3.05, 3.63) is 12.0 Å². The van der Waals surface area contributed by atoms with Gasteiger partial charge in [-0.25, -0.2) is 18.1 Å². The van der Waals surface area contributed by atoms with Crippen LogP contribution in [0.15, 0.2) is 11.2 Å². The van der Waals surface area contributed by atoms with Crippen LogP contribution in [0.3, 0.4) is 0 Å². The Hall–Kier alpha value is -0.880. The van der Waals surface area contributed by atoms with Crippen molar-refractivity contribution in [3.63, 3.8) is 0 Å². The number of imidazole rings is 1. The highest BCUT2D eigenvalue weighted by Gasteiger charge is 2.15. The van der Waals surface area contributed by atoms with E-state index in [1.54, 1.807) is 0 Å². The summed E-state index contributed by atoms with van der Waals surface area (Å²) in [4.78, 5) is 6.78. The topological polar surface area (TPSA) is 74.8 Å². The quantitative estimate of drug-likeness (QED) is 0.699. The second kappa shape index (κ2) is 6.76. The minimum Gasteiger partial charge on any atom is -0.332 e. The summed E-state index contributed by atoms with van der Waals surface area (Å²) in [5.41, 5.74) is 0. The van der Waals surface area contributed by atoms with Gasteiger partial charge in [0.25, 0.3) is 10.0 Å². The van der Waals surface area contributed by atoms with Crippen molar-refractivity contribution in [1.82, 2.24) is 14.7 Å². The summed E-state index contributed by atoms with van der Waals surface area (Å²) in [5.74, 6) is 0.691. The second-order valence-corrected chi connectivity index (χ2v) is 5.74. The lowest BCUT2D eigenvalue weighted by Gasteiger charge is -2.04. The number of rotatable bonds is 8. The SMILES string of the molecule is CCCCCCNS(=O)(=O)c1cnc(CC)[nH]1. The van der Waals surface area contributed by atoms with Crippen LogP contribution < -0.4 is 4.72 Å². The maximum atomic E-state index is 11.8. The van der Waals surface area contributed by atoms with Crippen LogP contribution in [0.1, 0.15) is 45.4 Å². The highest BCUT2D eigenvalue weighted by Crippen LogP contribution is 2.06. The van der Waals surface area contributed by atoms with Gasteiger partial charge < -0.3 is 4.98 Å². The van der Waals surface area contributed by atoms with Gasteiger partial charge in [0.2, 0.25) is 0 Å². The average Bonchev–Trinajstić information content (AvgIpc) is 2.78. The van der Waals surface area contributed by atoms with Crippen LogP contribution in [0.4, 0.5) is 0 Å². The predicted molar refractivity (Wildman–Crippen MR) is 67.3 cm³/mol. The Bertz CT molecular complexity index is 426. The van der Waals surface area contributed by atoms with Crippen LogP contribution >= 0.6 is 0 Å². The lowest BCUT2D eigenvalue weighted by molar-refractivity contribution is 0.570. The number of unbranched alkanes of at least 4 members (excludes halogenated alkanes) is 3. The van der Waals surface area contributed by atoms with Gasteiger partial charge in [-0.3, -0.25) is 0 Å². The Morgan fingerprint density at radius 3 is 2.65 bits per heavy atom. The molecule has 1 aromatic rings. The molecule has 1 heterocycles. The Kier molecular flexibility index (Phi) is 5.64. The maximum Gasteiger partial charge on any atom is 0.257 e. The van der Waals surface area contributed by atoms with E-state index in [0.29, 0.717) is 18.8 Å². The van der Waals surface area contributed by atoms with E-state index in [0.717, 1.165) is 25.7 Å². The Balaban J connectivity index is 2.45. The molecule has 0 radical (unpaired) electrons. The van der Waals surface area contributed by atoms with Crippen LogP contribution in [0.5, 0.6) is 0 Å². The number of H-pyrrole nitrogens is 1. The molecule has 0 bridgehead atoms. The molecule has 0 fully saturated rings. The minimum atomic E-state index is -3.40. The lowest BCUT2D eigenvalue weighted by atomic mass is 10.2. The van der Waals surface area contributed by atoms with Crippen LogP contribution in [0.2, 0.25) is 0 Å². The molecular formula is C11H21N3O2S. The van der Waals surface area contributed by atoms with E-state index in [9.17, 15) is 8.42 Å². The van der Waals surface area contributed by atoms with Crippen LogP contribution in [-0.2, 0) is 16.4 Å². The van der Waals surface area contributed by atoms with E-state index < -0.39 is 10.0 Å². The van der Waals surface area contributed by atoms with E-state index in [4.69, 9.17) is 0 Å². The Morgan fingerprint density at radius 1 is 1.29 bits per heavy atom. The summed E-state index contributed by atoms with van der Waals surface area (Å²) in [6.07, 6.45) is 6.29. The van der Waals surface area contributed by atoms with Gasteiger partial charge in [0.1, 0.15) is 5.82 Å². The third-order valence-electron chi connectivity index (χ3n) is 2.55. The summed E-state index contributed by atoms with van der Waals surface area (Å²) in [5, 5.41) is 0.157. The number of sulfonamides is 1. The first-order chi connectivity index (χ1) is 8.10. The first kappa shape index (κ1) is 14.2. The van der Waals surface area contributed by atoms with Crippen molar-refractivity contribution >= 4 is 10.0 Å². The van der Waals surface area contributed by atoms with E-state index in [1.165, 1.54) is 6.20 Å². The highest BCUT2D eigenvalue weighted by atomic mass is 32.2. The van der Waals surface area contributed by atoms with Gasteiger partial charge in [-0.15, -0.1) is 0 Å². The number of aromatic amines is 1. The molecule has 17 heavy (non-hydrogen) atoms. The smallest absolute Gasteiger partial charge is 0.257 e. The molecule has 0 saturated heterocycles. The molecule has 0 spiro atoms. The second-order valence-electron chi connectivity index (χ2n) is 4.01. The third kappa shape index (κ3) is 4.47. The van der Waals surface area contributed by atoms with Gasteiger partial charge in [0.15, 0.2) is 5.03 Å². The molecule has 0 saturated carbocycles. The maximum absolute atomic E-state index is 11.8. The monoisotopic (exact) mass is 259 g/mol. The zero-order valence-electron chi connectivity index (χ0n) is 10.5. The summed E-state index contributed by atoms with van der Waals surface area (Å²) >= 11 is 0. The normalized spacial score (nSPS) is 11.9. The van der Waals surface area contributed by atoms with Crippen molar-refractivity contribution in [2.75, 3.05) is 6.54 Å². The number of aryl methyl sites for hydroxylation is 1. The summed E-state index contributed by atoms with van der Waals surface area (Å²) in [6.45, 7) is 4.54. The molecule has 1 aromatic heterocycles. The molecule has 0 aliphatic heterocycles. The molecule has 0 amide bonds. The number of hydrogen-bond donors (Lipinski definition) is 2. The van der Waals surface area contributed by atoms with Gasteiger partial charge in [-0.05, 0) is 6.42 Å². The van der Waals surface area contributed by atoms with Gasteiger partial charge in [-0.1, -0.05) is 33.1 Å². The Morgan fingerprint density at radius 2 is 2.06 bits per heavy atom. The number of hydrogen-bond acceptors (Lipinski definition) is 3. The number of nitrogens with one attached hydrogen (secondary N) is 2. The van der Waals surface area contributed by atoms with E-state index in [1.807, 2.05) is 6.92 Å². The van der Waals surface area contributed by atoms with Crippen LogP contribution in [0.25, 0.3) is 0 Å². The summed E-state index contributed by atoms with van der Waals surface area (Å²) in [7, 11) is -3.40. The van der Waals surface area contributed by atoms with Gasteiger partial charge in [0.05, 0.1) is 6.20 Å². The van der Waals surface area contributed by atoms with Crippen molar-refractivity contribution in [1.29, 1.82) is 0 Å². The zero-order valence-corrected chi connectivity index (χ0v) is 11.3. The van der Waals surface area contributed by atoms with Crippen LogP contribution in [-0.4, -0.2) is 24.9 Å². The third-order valence-corrected chi connectivity index (χ3v) is 3.92. The fourth-order valence-electron chi connectivity index (χ4n) is 1.50. The molecule has 0 aromatic carbocycles. The van der Waals surface area contributed by atoms with Gasteiger partial charge in [-0.2, -0.15) is 0 Å². The predicted octanol–water partition coefficient (Wildman–Crippen LogP) is 1.83. The van der Waals surface area contributed by atoms with Crippen LogP contribution in [0, 0.1) is 0 Å². The molecule has 5 nitrogen and oxygen atoms in total. The molecule has 0 aliphatic rings. The molecule has 0 atom stereocenters. The molecule has 2 N–H and O–H groups in total. The number of aromatic nitrogens is 2. The first-order valence-corrected chi connectivity index (χ1v) is 7.62. The van der Waals surface area contributed by atoms with Gasteiger partial charge >= 0.3 is 0 Å². The molecule has 1 rings (SSSR count). The van der Waals surface area contributed by atoms with Crippen molar-refractivity contribution in [3.8, 4) is 0 Å². The van der Waals surface area contributed by atoms with Crippen molar-refractivity contribution < 1.29 is 8.42 Å². The molecule has 0 aliphatic carbocycles. The van der Waals surface area contributed by atoms with E-state index >= 15 is 0 Å². The molecule has 0 unspecified atom stereocenters. The summed E-state index contributed by atoms with van der Waals surface area (Å²) < 4.78 is 26.2. The summed E-state index contributed by atoms with van der Waals surface area (Å²) in [6, 6.07) is 0. The molecule has 6 heteroatoms. The minimum absolute atomic E-state index is 0.157. The first-order valence-electron chi connectivity index (χ1n) is 6.13. The van der Waals surface area contributed by atoms with E-state index in [2.05, 4.69) is 21.6 Å². The van der Waals surface area contributed by atoms with E-state index in [-0.39, 0.29) is 5.03 Å². The van der Waals surface area contributed by atoms with Gasteiger partial charge in [0, 0.05) is 13.0 Å². The number of nitrogens with zero attached hydrogens (tertiary/aromatic N) is 1. The fraction of sp³-hybridized carbons (Fsp3) is 0.727. The zero-order chi connectivity index (χ0) is 12.7. The molecule has 98 valence electrons. The highest BCUT2D eigenvalue weighted by molar-refractivity contribution is 7.89. The van der Waals surface area contributed by atoms with Crippen molar-refractivity contribution in [2.24, 2.45) is 0 Å². The average molecular weight is 259 g/mol. The largest absolute Gasteiger partial charge is 0.332 e. The molecular weight excluding hydrogens is 238 g/mol.